The van der Waals surface area contributed by atoms with Crippen LogP contribution in [0.25, 0.3) is 10.2 Å². The summed E-state index contributed by atoms with van der Waals surface area (Å²) < 4.78 is 27.3. The van der Waals surface area contributed by atoms with E-state index in [1.165, 1.54) is 17.5 Å². The van der Waals surface area contributed by atoms with E-state index in [0.29, 0.717) is 12.8 Å². The van der Waals surface area contributed by atoms with Crippen LogP contribution in [0.5, 0.6) is 0 Å². The van der Waals surface area contributed by atoms with Crippen molar-refractivity contribution < 1.29 is 18.3 Å². The Balaban J connectivity index is 2.03. The molecule has 2 aromatic rings. The van der Waals surface area contributed by atoms with Gasteiger partial charge in [-0.2, -0.15) is 4.31 Å². The third-order valence-electron chi connectivity index (χ3n) is 3.62. The van der Waals surface area contributed by atoms with Gasteiger partial charge in [-0.15, -0.1) is 11.3 Å². The maximum atomic E-state index is 12.7. The molecule has 21 heavy (non-hydrogen) atoms. The molecule has 1 aliphatic rings. The highest BCUT2D eigenvalue weighted by molar-refractivity contribution is 7.89. The summed E-state index contributed by atoms with van der Waals surface area (Å²) in [4.78, 5) is 15.5. The van der Waals surface area contributed by atoms with E-state index >= 15 is 0 Å². The van der Waals surface area contributed by atoms with Crippen molar-refractivity contribution in [3.63, 3.8) is 0 Å². The lowest BCUT2D eigenvalue weighted by molar-refractivity contribution is -0.142. The van der Waals surface area contributed by atoms with E-state index in [-0.39, 0.29) is 11.4 Å². The first-order valence-electron chi connectivity index (χ1n) is 6.58. The van der Waals surface area contributed by atoms with E-state index in [1.54, 1.807) is 6.07 Å². The molecule has 1 atom stereocenters. The standard InChI is InChI=1S/C13H14N2O4S2/c16-13(17)11-3-1-2-5-15(11)21(18,19)9-7-12-10(14-8-9)4-6-20-12/h4,6-8,11H,1-3,5H2,(H,16,17). The Labute approximate surface area is 126 Å². The fraction of sp³-hybridized carbons (Fsp3) is 0.385. The second-order valence-electron chi connectivity index (χ2n) is 4.94. The van der Waals surface area contributed by atoms with Gasteiger partial charge in [0.25, 0.3) is 0 Å². The third kappa shape index (κ3) is 2.54. The zero-order valence-electron chi connectivity index (χ0n) is 11.1. The van der Waals surface area contributed by atoms with Gasteiger partial charge in [-0.3, -0.25) is 9.78 Å². The molecule has 1 N–H and O–H groups in total. The number of nitrogens with zero attached hydrogens (tertiary/aromatic N) is 2. The van der Waals surface area contributed by atoms with Crippen LogP contribution in [0.2, 0.25) is 0 Å². The zero-order chi connectivity index (χ0) is 15.0. The van der Waals surface area contributed by atoms with Gasteiger partial charge in [0.15, 0.2) is 0 Å². The number of rotatable bonds is 3. The van der Waals surface area contributed by atoms with Crippen molar-refractivity contribution in [2.45, 2.75) is 30.2 Å². The minimum atomic E-state index is -3.83. The smallest absolute Gasteiger partial charge is 0.322 e. The lowest BCUT2D eigenvalue weighted by atomic mass is 10.1. The third-order valence-corrected chi connectivity index (χ3v) is 6.35. The summed E-state index contributed by atoms with van der Waals surface area (Å²) in [6.07, 6.45) is 3.06. The molecule has 3 rings (SSSR count). The van der Waals surface area contributed by atoms with Gasteiger partial charge in [0.05, 0.1) is 10.2 Å². The van der Waals surface area contributed by atoms with Crippen molar-refractivity contribution in [1.82, 2.24) is 9.29 Å². The number of aliphatic carboxylic acids is 1. The van der Waals surface area contributed by atoms with Crippen molar-refractivity contribution in [1.29, 1.82) is 0 Å². The summed E-state index contributed by atoms with van der Waals surface area (Å²) in [6, 6.07) is 2.40. The second kappa shape index (κ2) is 5.36. The van der Waals surface area contributed by atoms with E-state index in [9.17, 15) is 18.3 Å². The van der Waals surface area contributed by atoms with E-state index in [4.69, 9.17) is 0 Å². The highest BCUT2D eigenvalue weighted by atomic mass is 32.2. The largest absolute Gasteiger partial charge is 0.480 e. The summed E-state index contributed by atoms with van der Waals surface area (Å²) in [7, 11) is -3.83. The Kier molecular flexibility index (Phi) is 3.68. The number of aromatic nitrogens is 1. The van der Waals surface area contributed by atoms with Crippen LogP contribution in [-0.4, -0.2) is 41.4 Å². The van der Waals surface area contributed by atoms with Crippen LogP contribution >= 0.6 is 11.3 Å². The molecule has 0 saturated carbocycles. The molecular formula is C13H14N2O4S2. The van der Waals surface area contributed by atoms with Crippen molar-refractivity contribution >= 4 is 37.5 Å². The number of sulfonamides is 1. The van der Waals surface area contributed by atoms with Gasteiger partial charge in [-0.05, 0) is 36.8 Å². The Morgan fingerprint density at radius 3 is 3.00 bits per heavy atom. The fourth-order valence-electron chi connectivity index (χ4n) is 2.54. The molecule has 0 radical (unpaired) electrons. The zero-order valence-corrected chi connectivity index (χ0v) is 12.7. The summed E-state index contributed by atoms with van der Waals surface area (Å²) in [5, 5.41) is 11.1. The van der Waals surface area contributed by atoms with E-state index in [1.807, 2.05) is 11.4 Å². The second-order valence-corrected chi connectivity index (χ2v) is 7.78. The van der Waals surface area contributed by atoms with Gasteiger partial charge in [0.2, 0.25) is 10.0 Å². The van der Waals surface area contributed by atoms with Crippen molar-refractivity contribution in [2.24, 2.45) is 0 Å². The Hall–Kier alpha value is -1.51. The predicted octanol–water partition coefficient (Wildman–Crippen LogP) is 1.92. The molecule has 0 bridgehead atoms. The lowest BCUT2D eigenvalue weighted by Crippen LogP contribution is -2.47. The molecule has 0 aromatic carbocycles. The number of carbonyl (C=O) groups is 1. The van der Waals surface area contributed by atoms with Crippen LogP contribution in [0.1, 0.15) is 19.3 Å². The van der Waals surface area contributed by atoms with Gasteiger partial charge in [-0.25, -0.2) is 8.42 Å². The highest BCUT2D eigenvalue weighted by Crippen LogP contribution is 2.28. The van der Waals surface area contributed by atoms with Crippen molar-refractivity contribution in [3.8, 4) is 0 Å². The molecule has 2 aromatic heterocycles. The molecule has 0 amide bonds. The SMILES string of the molecule is O=C(O)C1CCCCN1S(=O)(=O)c1cnc2ccsc2c1. The van der Waals surface area contributed by atoms with Gasteiger partial charge in [0.1, 0.15) is 10.9 Å². The van der Waals surface area contributed by atoms with E-state index in [0.717, 1.165) is 20.9 Å². The van der Waals surface area contributed by atoms with E-state index < -0.39 is 22.0 Å². The quantitative estimate of drug-likeness (QED) is 0.931. The van der Waals surface area contributed by atoms with Crippen LogP contribution in [-0.2, 0) is 14.8 Å². The minimum absolute atomic E-state index is 0.0607. The van der Waals surface area contributed by atoms with E-state index in [2.05, 4.69) is 4.98 Å². The number of pyridine rings is 1. The molecule has 0 aliphatic carbocycles. The first-order valence-corrected chi connectivity index (χ1v) is 8.90. The van der Waals surface area contributed by atoms with Crippen molar-refractivity contribution in [3.05, 3.63) is 23.7 Å². The van der Waals surface area contributed by atoms with Crippen molar-refractivity contribution in [2.75, 3.05) is 6.54 Å². The number of hydrogen-bond donors (Lipinski definition) is 1. The molecule has 1 aliphatic heterocycles. The van der Waals surface area contributed by atoms with Crippen LogP contribution in [0.4, 0.5) is 0 Å². The topological polar surface area (TPSA) is 87.6 Å². The maximum Gasteiger partial charge on any atom is 0.322 e. The Bertz CT molecular complexity index is 784. The highest BCUT2D eigenvalue weighted by Gasteiger charge is 2.37. The molecule has 8 heteroatoms. The first kappa shape index (κ1) is 14.4. The molecule has 112 valence electrons. The number of carboxylic acid groups (broad SMARTS) is 1. The average Bonchev–Trinajstić information content (AvgIpc) is 2.94. The fourth-order valence-corrected chi connectivity index (χ4v) is 5.02. The Morgan fingerprint density at radius 1 is 1.43 bits per heavy atom. The summed E-state index contributed by atoms with van der Waals surface area (Å²) >= 11 is 1.41. The minimum Gasteiger partial charge on any atom is -0.480 e. The van der Waals surface area contributed by atoms with Crippen LogP contribution < -0.4 is 0 Å². The van der Waals surface area contributed by atoms with Gasteiger partial charge in [-0.1, -0.05) is 0 Å². The molecular weight excluding hydrogens is 312 g/mol. The van der Waals surface area contributed by atoms with Gasteiger partial charge >= 0.3 is 5.97 Å². The van der Waals surface area contributed by atoms with Crippen LogP contribution in [0.3, 0.4) is 0 Å². The lowest BCUT2D eigenvalue weighted by Gasteiger charge is -2.31. The van der Waals surface area contributed by atoms with Crippen LogP contribution in [0, 0.1) is 0 Å². The monoisotopic (exact) mass is 326 g/mol. The molecule has 0 spiro atoms. The summed E-state index contributed by atoms with van der Waals surface area (Å²) in [5.74, 6) is -1.09. The first-order chi connectivity index (χ1) is 10.00. The number of piperidine rings is 1. The molecule has 3 heterocycles. The van der Waals surface area contributed by atoms with Gasteiger partial charge in [0, 0.05) is 12.7 Å². The molecule has 6 nitrogen and oxygen atoms in total. The number of fused-ring (bicyclic) bond motifs is 1. The van der Waals surface area contributed by atoms with Crippen LogP contribution in [0.15, 0.2) is 28.6 Å². The molecule has 1 fully saturated rings. The van der Waals surface area contributed by atoms with Gasteiger partial charge < -0.3 is 5.11 Å². The summed E-state index contributed by atoms with van der Waals surface area (Å²) in [5.41, 5.74) is 0.743. The Morgan fingerprint density at radius 2 is 2.24 bits per heavy atom. The predicted molar refractivity (Wildman–Crippen MR) is 78.8 cm³/mol. The number of thiophene rings is 1. The molecule has 1 unspecified atom stereocenters. The number of hydrogen-bond acceptors (Lipinski definition) is 5. The summed E-state index contributed by atoms with van der Waals surface area (Å²) in [6.45, 7) is 0.238. The molecule has 1 saturated heterocycles. The average molecular weight is 326 g/mol. The number of carboxylic acids is 1. The normalized spacial score (nSPS) is 20.7. The maximum absolute atomic E-state index is 12.7.